The van der Waals surface area contributed by atoms with E-state index in [4.69, 9.17) is 0 Å². The Labute approximate surface area is 149 Å². The number of halogens is 1. The molecule has 1 N–H and O–H groups in total. The van der Waals surface area contributed by atoms with Crippen molar-refractivity contribution in [3.8, 4) is 0 Å². The second-order valence-electron chi connectivity index (χ2n) is 7.21. The summed E-state index contributed by atoms with van der Waals surface area (Å²) in [5.74, 6) is -0.0122. The molecule has 2 unspecified atom stereocenters. The van der Waals surface area contributed by atoms with Crippen LogP contribution in [0.1, 0.15) is 30.5 Å². The van der Waals surface area contributed by atoms with Crippen LogP contribution in [0.4, 0.5) is 9.18 Å². The van der Waals surface area contributed by atoms with Gasteiger partial charge in [-0.2, -0.15) is 0 Å². The lowest BCUT2D eigenvalue weighted by atomic mass is 9.90. The molecule has 0 spiro atoms. The summed E-state index contributed by atoms with van der Waals surface area (Å²) >= 11 is 0. The number of rotatable bonds is 4. The lowest BCUT2D eigenvalue weighted by molar-refractivity contribution is 0.104. The summed E-state index contributed by atoms with van der Waals surface area (Å²) in [6.45, 7) is 10.8. The van der Waals surface area contributed by atoms with Gasteiger partial charge in [-0.25, -0.2) is 9.18 Å². The number of hydrogen-bond donors (Lipinski definition) is 1. The van der Waals surface area contributed by atoms with Crippen LogP contribution in [0.15, 0.2) is 18.2 Å². The van der Waals surface area contributed by atoms with Crippen molar-refractivity contribution in [1.29, 1.82) is 0 Å². The summed E-state index contributed by atoms with van der Waals surface area (Å²) in [7, 11) is 0. The topological polar surface area (TPSA) is 47.0 Å². The summed E-state index contributed by atoms with van der Waals surface area (Å²) in [6, 6.07) is 4.53. The molecule has 2 saturated heterocycles. The standard InChI is InChI=1S/C19H28FN3O2/c1-3-21-8-10-22(11-9-21)13-15-6-7-23(19(24)25)18(15)17-5-4-16(20)12-14(17)2/h4-5,12,15,18H,3,6-11,13H2,1-2H3,(H,24,25). The fraction of sp³-hybridized carbons (Fsp3) is 0.632. The normalized spacial score (nSPS) is 25.5. The number of nitrogens with zero attached hydrogens (tertiary/aromatic N) is 3. The third kappa shape index (κ3) is 3.96. The Kier molecular flexibility index (Phi) is 5.59. The molecule has 1 amide bonds. The second-order valence-corrected chi connectivity index (χ2v) is 7.21. The Hall–Kier alpha value is -1.66. The van der Waals surface area contributed by atoms with Crippen molar-refractivity contribution in [2.45, 2.75) is 26.3 Å². The summed E-state index contributed by atoms with van der Waals surface area (Å²) in [4.78, 5) is 18.1. The van der Waals surface area contributed by atoms with Crippen LogP contribution in [0.3, 0.4) is 0 Å². The van der Waals surface area contributed by atoms with Gasteiger partial charge < -0.3 is 19.8 Å². The van der Waals surface area contributed by atoms with Crippen molar-refractivity contribution in [2.24, 2.45) is 5.92 Å². The highest BCUT2D eigenvalue weighted by molar-refractivity contribution is 5.66. The number of benzene rings is 1. The predicted molar refractivity (Wildman–Crippen MR) is 95.3 cm³/mol. The van der Waals surface area contributed by atoms with Gasteiger partial charge in [-0.1, -0.05) is 13.0 Å². The van der Waals surface area contributed by atoms with Crippen LogP contribution in [0.5, 0.6) is 0 Å². The third-order valence-corrected chi connectivity index (χ3v) is 5.72. The molecule has 0 radical (unpaired) electrons. The molecule has 1 aromatic rings. The molecule has 0 aromatic heterocycles. The van der Waals surface area contributed by atoms with Crippen molar-refractivity contribution in [1.82, 2.24) is 14.7 Å². The van der Waals surface area contributed by atoms with E-state index in [9.17, 15) is 14.3 Å². The van der Waals surface area contributed by atoms with Gasteiger partial charge >= 0.3 is 6.09 Å². The molecule has 2 atom stereocenters. The zero-order chi connectivity index (χ0) is 18.0. The van der Waals surface area contributed by atoms with Crippen LogP contribution in [0.25, 0.3) is 0 Å². The van der Waals surface area contributed by atoms with E-state index in [0.717, 1.165) is 56.8 Å². The SMILES string of the molecule is CCN1CCN(CC2CCN(C(=O)O)C2c2ccc(F)cc2C)CC1. The molecule has 2 aliphatic rings. The molecule has 6 heteroatoms. The van der Waals surface area contributed by atoms with Gasteiger partial charge in [0.2, 0.25) is 0 Å². The fourth-order valence-electron chi connectivity index (χ4n) is 4.27. The highest BCUT2D eigenvalue weighted by Gasteiger charge is 2.39. The monoisotopic (exact) mass is 349 g/mol. The molecule has 2 fully saturated rings. The van der Waals surface area contributed by atoms with Crippen LogP contribution in [0.2, 0.25) is 0 Å². The van der Waals surface area contributed by atoms with E-state index in [-0.39, 0.29) is 17.8 Å². The number of likely N-dealkylation sites (N-methyl/N-ethyl adjacent to an activating group) is 1. The smallest absolute Gasteiger partial charge is 0.407 e. The average Bonchev–Trinajstić information content (AvgIpc) is 2.99. The third-order valence-electron chi connectivity index (χ3n) is 5.72. The number of hydrogen-bond acceptors (Lipinski definition) is 3. The zero-order valence-corrected chi connectivity index (χ0v) is 15.1. The van der Waals surface area contributed by atoms with Crippen LogP contribution in [-0.2, 0) is 0 Å². The van der Waals surface area contributed by atoms with Gasteiger partial charge in [0.05, 0.1) is 6.04 Å². The van der Waals surface area contributed by atoms with E-state index in [0.29, 0.717) is 6.54 Å². The van der Waals surface area contributed by atoms with E-state index in [2.05, 4.69) is 16.7 Å². The molecule has 5 nitrogen and oxygen atoms in total. The number of piperazine rings is 1. The van der Waals surface area contributed by atoms with E-state index in [1.807, 2.05) is 6.92 Å². The van der Waals surface area contributed by atoms with Crippen LogP contribution in [0, 0.1) is 18.7 Å². The second kappa shape index (κ2) is 7.70. The number of carboxylic acid groups (broad SMARTS) is 1. The molecule has 3 rings (SSSR count). The summed E-state index contributed by atoms with van der Waals surface area (Å²) in [6.07, 6.45) is -0.0195. The lowest BCUT2D eigenvalue weighted by Gasteiger charge is -2.37. The molecule has 0 aliphatic carbocycles. The van der Waals surface area contributed by atoms with E-state index >= 15 is 0 Å². The van der Waals surface area contributed by atoms with Gasteiger partial charge in [0.1, 0.15) is 5.82 Å². The molecule has 2 heterocycles. The quantitative estimate of drug-likeness (QED) is 0.908. The largest absolute Gasteiger partial charge is 0.465 e. The van der Waals surface area contributed by atoms with Crippen molar-refractivity contribution >= 4 is 6.09 Å². The van der Waals surface area contributed by atoms with Gasteiger partial charge in [-0.15, -0.1) is 0 Å². The van der Waals surface area contributed by atoms with E-state index in [1.165, 1.54) is 17.0 Å². The molecular weight excluding hydrogens is 321 g/mol. The van der Waals surface area contributed by atoms with Crippen LogP contribution in [-0.4, -0.2) is 71.7 Å². The minimum atomic E-state index is -0.882. The first-order chi connectivity index (χ1) is 12.0. The molecule has 25 heavy (non-hydrogen) atoms. The maximum atomic E-state index is 13.5. The molecule has 0 bridgehead atoms. The van der Waals surface area contributed by atoms with Gasteiger partial charge in [0, 0.05) is 39.3 Å². The predicted octanol–water partition coefficient (Wildman–Crippen LogP) is 2.81. The van der Waals surface area contributed by atoms with Crippen molar-refractivity contribution in [2.75, 3.05) is 45.8 Å². The van der Waals surface area contributed by atoms with Gasteiger partial charge in [-0.05, 0) is 49.1 Å². The first kappa shape index (κ1) is 18.1. The Morgan fingerprint density at radius 2 is 1.88 bits per heavy atom. The van der Waals surface area contributed by atoms with Crippen molar-refractivity contribution < 1.29 is 14.3 Å². The van der Waals surface area contributed by atoms with Crippen LogP contribution >= 0.6 is 0 Å². The zero-order valence-electron chi connectivity index (χ0n) is 15.1. The van der Waals surface area contributed by atoms with Crippen LogP contribution < -0.4 is 0 Å². The average molecular weight is 349 g/mol. The van der Waals surface area contributed by atoms with Crippen molar-refractivity contribution in [3.05, 3.63) is 35.1 Å². The maximum absolute atomic E-state index is 13.5. The number of amides is 1. The molecular formula is C19H28FN3O2. The molecule has 138 valence electrons. The Morgan fingerprint density at radius 1 is 1.20 bits per heavy atom. The minimum Gasteiger partial charge on any atom is -0.465 e. The Morgan fingerprint density at radius 3 is 2.48 bits per heavy atom. The fourth-order valence-corrected chi connectivity index (χ4v) is 4.27. The first-order valence-corrected chi connectivity index (χ1v) is 9.20. The first-order valence-electron chi connectivity index (χ1n) is 9.20. The van der Waals surface area contributed by atoms with E-state index in [1.54, 1.807) is 6.07 Å². The molecule has 2 aliphatic heterocycles. The molecule has 0 saturated carbocycles. The highest BCUT2D eigenvalue weighted by atomic mass is 19.1. The summed E-state index contributed by atoms with van der Waals surface area (Å²) < 4.78 is 13.5. The maximum Gasteiger partial charge on any atom is 0.407 e. The Balaban J connectivity index is 1.77. The molecule has 1 aromatic carbocycles. The number of carbonyl (C=O) groups is 1. The summed E-state index contributed by atoms with van der Waals surface area (Å²) in [5, 5.41) is 9.61. The summed E-state index contributed by atoms with van der Waals surface area (Å²) in [5.41, 5.74) is 1.78. The Bertz CT molecular complexity index is 617. The van der Waals surface area contributed by atoms with E-state index < -0.39 is 6.09 Å². The highest BCUT2D eigenvalue weighted by Crippen LogP contribution is 2.39. The lowest BCUT2D eigenvalue weighted by Crippen LogP contribution is -2.48. The number of likely N-dealkylation sites (tertiary alicyclic amines) is 1. The number of aryl methyl sites for hydroxylation is 1. The van der Waals surface area contributed by atoms with Gasteiger partial charge in [0.25, 0.3) is 0 Å². The van der Waals surface area contributed by atoms with Crippen molar-refractivity contribution in [3.63, 3.8) is 0 Å². The minimum absolute atomic E-state index is 0.178. The van der Waals surface area contributed by atoms with Gasteiger partial charge in [-0.3, -0.25) is 0 Å². The van der Waals surface area contributed by atoms with Gasteiger partial charge in [0.15, 0.2) is 0 Å².